The number of ether oxygens (including phenoxy) is 1. The molecule has 0 saturated carbocycles. The highest BCUT2D eigenvalue weighted by molar-refractivity contribution is 7.94. The second kappa shape index (κ2) is 8.23. The van der Waals surface area contributed by atoms with Crippen LogP contribution in [0.3, 0.4) is 0 Å². The number of para-hydroxylation sites is 1. The smallest absolute Gasteiger partial charge is 0.255 e. The van der Waals surface area contributed by atoms with E-state index in [4.69, 9.17) is 4.74 Å². The number of amides is 2. The molecule has 3 aromatic carbocycles. The summed E-state index contributed by atoms with van der Waals surface area (Å²) in [5.41, 5.74) is 1.15. The molecule has 0 bridgehead atoms. The first-order valence-electron chi connectivity index (χ1n) is 9.65. The van der Waals surface area contributed by atoms with Gasteiger partial charge < -0.3 is 10.1 Å². The van der Waals surface area contributed by atoms with Gasteiger partial charge in [0.25, 0.3) is 5.91 Å². The molecule has 1 aliphatic rings. The van der Waals surface area contributed by atoms with Crippen LogP contribution in [0.15, 0.2) is 78.9 Å². The number of hydrogen-bond donors (Lipinski definition) is 1. The highest BCUT2D eigenvalue weighted by Gasteiger charge is 2.41. The lowest BCUT2D eigenvalue weighted by Gasteiger charge is -2.15. The lowest BCUT2D eigenvalue weighted by atomic mass is 10.1. The van der Waals surface area contributed by atoms with Crippen molar-refractivity contribution in [2.24, 2.45) is 5.92 Å². The number of nitrogens with zero attached hydrogens (tertiary/aromatic N) is 1. The zero-order chi connectivity index (χ0) is 22.0. The van der Waals surface area contributed by atoms with E-state index in [2.05, 4.69) is 5.32 Å². The maximum atomic E-state index is 12.5. The van der Waals surface area contributed by atoms with Gasteiger partial charge >= 0.3 is 0 Å². The van der Waals surface area contributed by atoms with Gasteiger partial charge in [-0.2, -0.15) is 0 Å². The average Bonchev–Trinajstić information content (AvgIpc) is 2.96. The van der Waals surface area contributed by atoms with Crippen molar-refractivity contribution in [2.75, 3.05) is 15.4 Å². The molecule has 4 rings (SSSR count). The fraction of sp³-hybridized carbons (Fsp3) is 0.130. The first kappa shape index (κ1) is 20.6. The Balaban J connectivity index is 1.43. The highest BCUT2D eigenvalue weighted by atomic mass is 32.2. The van der Waals surface area contributed by atoms with Crippen LogP contribution in [0, 0.1) is 5.92 Å². The van der Waals surface area contributed by atoms with Crippen molar-refractivity contribution in [2.45, 2.75) is 6.92 Å². The molecule has 1 aliphatic heterocycles. The van der Waals surface area contributed by atoms with E-state index in [0.717, 1.165) is 4.31 Å². The van der Waals surface area contributed by atoms with E-state index in [0.29, 0.717) is 22.7 Å². The van der Waals surface area contributed by atoms with Gasteiger partial charge in [-0.25, -0.2) is 12.7 Å². The van der Waals surface area contributed by atoms with E-state index in [9.17, 15) is 18.0 Å². The monoisotopic (exact) mass is 436 g/mol. The first-order valence-corrected chi connectivity index (χ1v) is 11.3. The minimum Gasteiger partial charge on any atom is -0.457 e. The molecule has 8 heteroatoms. The fourth-order valence-electron chi connectivity index (χ4n) is 3.27. The summed E-state index contributed by atoms with van der Waals surface area (Å²) in [5.74, 6) is -0.256. The quantitative estimate of drug-likeness (QED) is 0.652. The van der Waals surface area contributed by atoms with Crippen molar-refractivity contribution in [3.63, 3.8) is 0 Å². The van der Waals surface area contributed by atoms with Crippen LogP contribution in [0.2, 0.25) is 0 Å². The third kappa shape index (κ3) is 4.44. The summed E-state index contributed by atoms with van der Waals surface area (Å²) in [5, 5.41) is 2.78. The molecule has 2 amide bonds. The van der Waals surface area contributed by atoms with Crippen LogP contribution in [0.5, 0.6) is 11.5 Å². The predicted molar refractivity (Wildman–Crippen MR) is 118 cm³/mol. The summed E-state index contributed by atoms with van der Waals surface area (Å²) < 4.78 is 30.9. The van der Waals surface area contributed by atoms with E-state index >= 15 is 0 Å². The third-order valence-corrected chi connectivity index (χ3v) is 6.68. The molecular weight excluding hydrogens is 416 g/mol. The van der Waals surface area contributed by atoms with E-state index < -0.39 is 21.8 Å². The van der Waals surface area contributed by atoms with Gasteiger partial charge in [0.2, 0.25) is 15.9 Å². The van der Waals surface area contributed by atoms with Gasteiger partial charge in [0.15, 0.2) is 0 Å². The SMILES string of the molecule is CC1CS(=O)(=O)N(c2ccc(C(=O)Nc3ccc(Oc4ccccc4)cc3)cc2)C1=O. The maximum absolute atomic E-state index is 12.5. The zero-order valence-corrected chi connectivity index (χ0v) is 17.5. The van der Waals surface area contributed by atoms with Crippen molar-refractivity contribution in [1.82, 2.24) is 0 Å². The second-order valence-electron chi connectivity index (χ2n) is 7.22. The van der Waals surface area contributed by atoms with Gasteiger partial charge in [0.1, 0.15) is 11.5 Å². The Morgan fingerprint density at radius 2 is 1.55 bits per heavy atom. The van der Waals surface area contributed by atoms with E-state index in [1.54, 1.807) is 31.2 Å². The molecule has 1 atom stereocenters. The summed E-state index contributed by atoms with van der Waals surface area (Å²) in [6.07, 6.45) is 0. The zero-order valence-electron chi connectivity index (χ0n) is 16.7. The Hall–Kier alpha value is -3.65. The summed E-state index contributed by atoms with van der Waals surface area (Å²) in [4.78, 5) is 24.7. The van der Waals surface area contributed by atoms with Crippen molar-refractivity contribution in [1.29, 1.82) is 0 Å². The second-order valence-corrected chi connectivity index (χ2v) is 9.09. The molecular formula is C23H20N2O5S. The molecule has 1 N–H and O–H groups in total. The normalized spacial score (nSPS) is 17.4. The molecule has 0 radical (unpaired) electrons. The fourth-order valence-corrected chi connectivity index (χ4v) is 5.09. The summed E-state index contributed by atoms with van der Waals surface area (Å²) in [7, 11) is -3.68. The van der Waals surface area contributed by atoms with Crippen LogP contribution in [0.1, 0.15) is 17.3 Å². The van der Waals surface area contributed by atoms with Gasteiger partial charge in [0, 0.05) is 11.3 Å². The van der Waals surface area contributed by atoms with Crippen LogP contribution in [-0.4, -0.2) is 26.0 Å². The van der Waals surface area contributed by atoms with E-state index in [1.807, 2.05) is 30.3 Å². The minimum absolute atomic E-state index is 0.210. The maximum Gasteiger partial charge on any atom is 0.255 e. The molecule has 3 aromatic rings. The van der Waals surface area contributed by atoms with Crippen molar-refractivity contribution in [3.8, 4) is 11.5 Å². The van der Waals surface area contributed by atoms with Gasteiger partial charge in [0.05, 0.1) is 17.4 Å². The van der Waals surface area contributed by atoms with Gasteiger partial charge in [-0.15, -0.1) is 0 Å². The van der Waals surface area contributed by atoms with Crippen molar-refractivity contribution >= 4 is 33.2 Å². The number of hydrogen-bond acceptors (Lipinski definition) is 5. The van der Waals surface area contributed by atoms with Crippen LogP contribution >= 0.6 is 0 Å². The Kier molecular flexibility index (Phi) is 5.48. The van der Waals surface area contributed by atoms with E-state index in [-0.39, 0.29) is 17.3 Å². The standard InChI is InChI=1S/C23H20N2O5S/c1-16-15-31(28,29)25(23(16)27)19-11-7-17(8-12-19)22(26)24-18-9-13-21(14-10-18)30-20-5-3-2-4-6-20/h2-14,16H,15H2,1H3,(H,24,26). The molecule has 1 fully saturated rings. The van der Waals surface area contributed by atoms with Gasteiger partial charge in [-0.05, 0) is 60.7 Å². The molecule has 1 saturated heterocycles. The lowest BCUT2D eigenvalue weighted by Crippen LogP contribution is -2.30. The first-order chi connectivity index (χ1) is 14.8. The Morgan fingerprint density at radius 3 is 2.13 bits per heavy atom. The molecule has 158 valence electrons. The Labute approximate surface area is 180 Å². The van der Waals surface area contributed by atoms with Crippen molar-refractivity contribution in [3.05, 3.63) is 84.4 Å². The number of nitrogens with one attached hydrogen (secondary N) is 1. The van der Waals surface area contributed by atoms with Crippen molar-refractivity contribution < 1.29 is 22.7 Å². The number of anilines is 2. The largest absolute Gasteiger partial charge is 0.457 e. The van der Waals surface area contributed by atoms with Gasteiger partial charge in [-0.3, -0.25) is 9.59 Å². The number of sulfonamides is 1. The molecule has 31 heavy (non-hydrogen) atoms. The summed E-state index contributed by atoms with van der Waals surface area (Å²) in [6, 6.07) is 22.2. The van der Waals surface area contributed by atoms with Crippen LogP contribution in [0.25, 0.3) is 0 Å². The molecule has 1 heterocycles. The average molecular weight is 436 g/mol. The number of benzene rings is 3. The summed E-state index contributed by atoms with van der Waals surface area (Å²) >= 11 is 0. The Bertz CT molecular complexity index is 1210. The third-order valence-electron chi connectivity index (χ3n) is 4.82. The minimum atomic E-state index is -3.68. The van der Waals surface area contributed by atoms with Crippen LogP contribution in [0.4, 0.5) is 11.4 Å². The molecule has 0 spiro atoms. The number of carbonyl (C=O) groups excluding carboxylic acids is 2. The number of rotatable bonds is 5. The highest BCUT2D eigenvalue weighted by Crippen LogP contribution is 2.28. The Morgan fingerprint density at radius 1 is 0.935 bits per heavy atom. The lowest BCUT2D eigenvalue weighted by molar-refractivity contribution is -0.119. The van der Waals surface area contributed by atoms with Crippen LogP contribution < -0.4 is 14.4 Å². The predicted octanol–water partition coefficient (Wildman–Crippen LogP) is 4.04. The molecule has 7 nitrogen and oxygen atoms in total. The topological polar surface area (TPSA) is 92.8 Å². The summed E-state index contributed by atoms with van der Waals surface area (Å²) in [6.45, 7) is 1.58. The van der Waals surface area contributed by atoms with Gasteiger partial charge in [-0.1, -0.05) is 25.1 Å². The molecule has 0 aliphatic carbocycles. The molecule has 1 unspecified atom stereocenters. The number of carbonyl (C=O) groups is 2. The van der Waals surface area contributed by atoms with E-state index in [1.165, 1.54) is 24.3 Å². The van der Waals surface area contributed by atoms with Crippen LogP contribution in [-0.2, 0) is 14.8 Å². The molecule has 0 aromatic heterocycles.